The van der Waals surface area contributed by atoms with Crippen LogP contribution in [-0.4, -0.2) is 29.2 Å². The summed E-state index contributed by atoms with van der Waals surface area (Å²) in [4.78, 5) is 35.2. The van der Waals surface area contributed by atoms with Gasteiger partial charge in [-0.3, -0.25) is 10.2 Å². The molecule has 0 saturated carbocycles. The fraction of sp³-hybridized carbons (Fsp3) is 0.125. The number of carboxylic acid groups (broad SMARTS) is 1. The molecule has 3 rings (SSSR count). The van der Waals surface area contributed by atoms with Crippen LogP contribution in [-0.2, 0) is 22.6 Å². The van der Waals surface area contributed by atoms with Gasteiger partial charge in [0.1, 0.15) is 12.4 Å². The summed E-state index contributed by atoms with van der Waals surface area (Å²) in [6, 6.07) is 24.7. The molecule has 1 atom stereocenters. The van der Waals surface area contributed by atoms with Crippen LogP contribution >= 0.6 is 0 Å². The summed E-state index contributed by atoms with van der Waals surface area (Å²) >= 11 is 0. The van der Waals surface area contributed by atoms with Crippen molar-refractivity contribution in [1.82, 2.24) is 10.9 Å². The van der Waals surface area contributed by atoms with Crippen LogP contribution < -0.4 is 15.6 Å². The van der Waals surface area contributed by atoms with Gasteiger partial charge in [0.25, 0.3) is 5.91 Å². The topological polar surface area (TPSA) is 114 Å². The molecule has 32 heavy (non-hydrogen) atoms. The molecule has 0 aromatic heterocycles. The number of carbonyl (C=O) groups is 3. The van der Waals surface area contributed by atoms with Gasteiger partial charge in [0.05, 0.1) is 0 Å². The van der Waals surface area contributed by atoms with Crippen LogP contribution in [0.2, 0.25) is 0 Å². The summed E-state index contributed by atoms with van der Waals surface area (Å²) in [6.07, 6.45) is -1.97. The predicted octanol–water partition coefficient (Wildman–Crippen LogP) is 3.33. The monoisotopic (exact) mass is 434 g/mol. The van der Waals surface area contributed by atoms with Crippen molar-refractivity contribution in [3.8, 4) is 5.75 Å². The highest BCUT2D eigenvalue weighted by molar-refractivity contribution is 5.94. The lowest BCUT2D eigenvalue weighted by molar-refractivity contribution is -0.153. The number of ether oxygens (including phenoxy) is 2. The fourth-order valence-electron chi connectivity index (χ4n) is 2.85. The Labute approximate surface area is 184 Å². The Bertz CT molecular complexity index is 1040. The van der Waals surface area contributed by atoms with E-state index in [2.05, 4.69) is 0 Å². The summed E-state index contributed by atoms with van der Waals surface area (Å²) in [7, 11) is 0. The maximum absolute atomic E-state index is 12.8. The lowest BCUT2D eigenvalue weighted by atomic mass is 10.1. The van der Waals surface area contributed by atoms with E-state index in [0.29, 0.717) is 12.2 Å². The van der Waals surface area contributed by atoms with Crippen LogP contribution in [0.15, 0.2) is 84.9 Å². The quantitative estimate of drug-likeness (QED) is 0.370. The molecule has 0 saturated heterocycles. The molecule has 8 nitrogen and oxygen atoms in total. The Morgan fingerprint density at radius 1 is 0.781 bits per heavy atom. The van der Waals surface area contributed by atoms with E-state index in [0.717, 1.165) is 11.1 Å². The molecule has 3 aromatic rings. The van der Waals surface area contributed by atoms with Crippen LogP contribution in [0.3, 0.4) is 0 Å². The van der Waals surface area contributed by atoms with Crippen molar-refractivity contribution in [3.63, 3.8) is 0 Å². The maximum atomic E-state index is 12.8. The first kappa shape index (κ1) is 22.4. The highest BCUT2D eigenvalue weighted by Crippen LogP contribution is 2.17. The average Bonchev–Trinajstić information content (AvgIpc) is 2.82. The number of amides is 2. The number of hydrazine groups is 1. The molecular formula is C24H22N2O6. The molecule has 0 aliphatic carbocycles. The van der Waals surface area contributed by atoms with E-state index in [-0.39, 0.29) is 12.2 Å². The Morgan fingerprint density at radius 2 is 1.38 bits per heavy atom. The zero-order valence-electron chi connectivity index (χ0n) is 17.1. The number of carbonyl (C=O) groups excluding carboxylic acids is 2. The van der Waals surface area contributed by atoms with E-state index >= 15 is 0 Å². The standard InChI is InChI=1S/C24H22N2O6/c27-22(25-26-24(29)30)19-11-13-20(14-12-19)32-21(15-17-7-3-1-4-8-17)23(28)31-16-18-9-5-2-6-10-18/h1-14,21,26H,15-16H2,(H,25,27)(H,29,30)/t21-/m0/s1. The summed E-state index contributed by atoms with van der Waals surface area (Å²) in [5.41, 5.74) is 5.82. The van der Waals surface area contributed by atoms with Gasteiger partial charge >= 0.3 is 12.1 Å². The normalized spacial score (nSPS) is 11.1. The molecule has 0 unspecified atom stereocenters. The molecule has 0 bridgehead atoms. The molecular weight excluding hydrogens is 412 g/mol. The number of hydrogen-bond donors (Lipinski definition) is 3. The fourth-order valence-corrected chi connectivity index (χ4v) is 2.85. The van der Waals surface area contributed by atoms with Gasteiger partial charge in [-0.2, -0.15) is 0 Å². The Balaban J connectivity index is 1.68. The van der Waals surface area contributed by atoms with Crippen LogP contribution in [0.4, 0.5) is 4.79 Å². The number of hydrogen-bond acceptors (Lipinski definition) is 5. The summed E-state index contributed by atoms with van der Waals surface area (Å²) < 4.78 is 11.3. The number of benzene rings is 3. The van der Waals surface area contributed by atoms with Crippen LogP contribution in [0, 0.1) is 0 Å². The largest absolute Gasteiger partial charge is 0.478 e. The summed E-state index contributed by atoms with van der Waals surface area (Å²) in [5.74, 6) is -0.766. The molecule has 0 spiro atoms. The number of rotatable bonds is 8. The van der Waals surface area contributed by atoms with Gasteiger partial charge in [-0.15, -0.1) is 0 Å². The van der Waals surface area contributed by atoms with E-state index in [9.17, 15) is 14.4 Å². The minimum absolute atomic E-state index is 0.129. The van der Waals surface area contributed by atoms with Gasteiger partial charge in [-0.05, 0) is 35.4 Å². The highest BCUT2D eigenvalue weighted by atomic mass is 16.6. The van der Waals surface area contributed by atoms with Crippen molar-refractivity contribution >= 4 is 18.0 Å². The van der Waals surface area contributed by atoms with Gasteiger partial charge in [-0.1, -0.05) is 60.7 Å². The molecule has 3 N–H and O–H groups in total. The van der Waals surface area contributed by atoms with E-state index < -0.39 is 24.1 Å². The van der Waals surface area contributed by atoms with Crippen molar-refractivity contribution < 1.29 is 29.0 Å². The van der Waals surface area contributed by atoms with Gasteiger partial charge in [-0.25, -0.2) is 15.0 Å². The second-order valence-electron chi connectivity index (χ2n) is 6.80. The SMILES string of the molecule is O=C(O)NNC(=O)c1ccc(O[C@@H](Cc2ccccc2)C(=O)OCc2ccccc2)cc1. The van der Waals surface area contributed by atoms with Crippen LogP contribution in [0.5, 0.6) is 5.75 Å². The summed E-state index contributed by atoms with van der Waals surface area (Å²) in [6.45, 7) is 0.129. The summed E-state index contributed by atoms with van der Waals surface area (Å²) in [5, 5.41) is 8.55. The van der Waals surface area contributed by atoms with E-state index in [1.807, 2.05) is 66.1 Å². The molecule has 0 heterocycles. The Hall–Kier alpha value is -4.33. The minimum atomic E-state index is -1.38. The smallest absolute Gasteiger partial charge is 0.423 e. The molecule has 0 aliphatic heterocycles. The Kier molecular flexibility index (Phi) is 7.80. The molecule has 2 amide bonds. The zero-order valence-corrected chi connectivity index (χ0v) is 17.1. The lowest BCUT2D eigenvalue weighted by Crippen LogP contribution is -2.40. The molecule has 0 aliphatic rings. The van der Waals surface area contributed by atoms with Gasteiger partial charge < -0.3 is 14.6 Å². The third-order valence-electron chi connectivity index (χ3n) is 4.43. The first-order valence-corrected chi connectivity index (χ1v) is 9.82. The lowest BCUT2D eigenvalue weighted by Gasteiger charge is -2.18. The average molecular weight is 434 g/mol. The third kappa shape index (κ3) is 6.88. The van der Waals surface area contributed by atoms with Crippen molar-refractivity contribution in [2.75, 3.05) is 0 Å². The van der Waals surface area contributed by atoms with Gasteiger partial charge in [0.2, 0.25) is 0 Å². The minimum Gasteiger partial charge on any atom is -0.478 e. The van der Waals surface area contributed by atoms with Crippen LogP contribution in [0.1, 0.15) is 21.5 Å². The second-order valence-corrected chi connectivity index (χ2v) is 6.80. The molecule has 8 heteroatoms. The van der Waals surface area contributed by atoms with Crippen molar-refractivity contribution in [1.29, 1.82) is 0 Å². The molecule has 0 radical (unpaired) electrons. The first-order valence-electron chi connectivity index (χ1n) is 9.82. The second kappa shape index (κ2) is 11.2. The van der Waals surface area contributed by atoms with Crippen molar-refractivity contribution in [3.05, 3.63) is 102 Å². The molecule has 164 valence electrons. The first-order chi connectivity index (χ1) is 15.5. The number of nitrogens with one attached hydrogen (secondary N) is 2. The number of esters is 1. The third-order valence-corrected chi connectivity index (χ3v) is 4.43. The predicted molar refractivity (Wildman–Crippen MR) is 116 cm³/mol. The molecule has 0 fully saturated rings. The Morgan fingerprint density at radius 3 is 1.97 bits per heavy atom. The van der Waals surface area contributed by atoms with E-state index in [1.54, 1.807) is 5.43 Å². The van der Waals surface area contributed by atoms with Gasteiger partial charge in [0.15, 0.2) is 6.10 Å². The van der Waals surface area contributed by atoms with Crippen LogP contribution in [0.25, 0.3) is 0 Å². The molecule has 3 aromatic carbocycles. The zero-order chi connectivity index (χ0) is 22.8. The maximum Gasteiger partial charge on any atom is 0.423 e. The van der Waals surface area contributed by atoms with Crippen molar-refractivity contribution in [2.45, 2.75) is 19.1 Å². The van der Waals surface area contributed by atoms with Crippen molar-refractivity contribution in [2.24, 2.45) is 0 Å². The highest BCUT2D eigenvalue weighted by Gasteiger charge is 2.23. The van der Waals surface area contributed by atoms with Gasteiger partial charge in [0, 0.05) is 12.0 Å². The van der Waals surface area contributed by atoms with E-state index in [1.165, 1.54) is 24.3 Å². The van der Waals surface area contributed by atoms with E-state index in [4.69, 9.17) is 14.6 Å².